The van der Waals surface area contributed by atoms with Crippen LogP contribution in [-0.2, 0) is 11.4 Å². The highest BCUT2D eigenvalue weighted by Gasteiger charge is 2.22. The number of nitrogens with one attached hydrogen (secondary N) is 1. The third kappa shape index (κ3) is 5.12. The fourth-order valence-electron chi connectivity index (χ4n) is 2.60. The highest BCUT2D eigenvalue weighted by molar-refractivity contribution is 9.10. The number of hydrogen-bond acceptors (Lipinski definition) is 5. The van der Waals surface area contributed by atoms with Gasteiger partial charge in [0.05, 0.1) is 16.0 Å². The Balaban J connectivity index is 1.87. The van der Waals surface area contributed by atoms with Gasteiger partial charge in [-0.3, -0.25) is 4.79 Å². The highest BCUT2D eigenvalue weighted by atomic mass is 79.9. The van der Waals surface area contributed by atoms with E-state index < -0.39 is 0 Å². The molecule has 0 spiro atoms. The van der Waals surface area contributed by atoms with Gasteiger partial charge in [0.25, 0.3) is 5.91 Å². The van der Waals surface area contributed by atoms with E-state index in [1.54, 1.807) is 6.08 Å². The average Bonchev–Trinajstić information content (AvgIpc) is 2.91. The van der Waals surface area contributed by atoms with E-state index in [9.17, 15) is 4.79 Å². The number of hydrogen-bond donors (Lipinski definition) is 1. The first-order valence-corrected chi connectivity index (χ1v) is 10.4. The minimum absolute atomic E-state index is 0.182. The summed E-state index contributed by atoms with van der Waals surface area (Å²) in [5.74, 6) is 1.08. The van der Waals surface area contributed by atoms with Crippen molar-refractivity contribution in [2.45, 2.75) is 20.5 Å². The van der Waals surface area contributed by atoms with Crippen LogP contribution < -0.4 is 14.8 Å². The molecule has 1 saturated heterocycles. The number of carbonyl (C=O) groups excluding carboxylic acids is 1. The molecule has 1 heterocycles. The molecular formula is C20H18BrNO3S2. The molecule has 0 unspecified atom stereocenters. The number of benzene rings is 2. The molecule has 4 nitrogen and oxygen atoms in total. The number of halogens is 1. The Bertz CT molecular complexity index is 927. The van der Waals surface area contributed by atoms with E-state index in [4.69, 9.17) is 21.7 Å². The first-order chi connectivity index (χ1) is 13.0. The van der Waals surface area contributed by atoms with Crippen molar-refractivity contribution in [1.29, 1.82) is 0 Å². The minimum atomic E-state index is -0.182. The van der Waals surface area contributed by atoms with Crippen molar-refractivity contribution in [3.8, 4) is 11.5 Å². The molecule has 0 aliphatic carbocycles. The molecule has 7 heteroatoms. The van der Waals surface area contributed by atoms with E-state index in [0.717, 1.165) is 15.6 Å². The van der Waals surface area contributed by atoms with Crippen molar-refractivity contribution in [2.75, 3.05) is 6.61 Å². The molecule has 27 heavy (non-hydrogen) atoms. The Morgan fingerprint density at radius 2 is 2.07 bits per heavy atom. The van der Waals surface area contributed by atoms with Gasteiger partial charge in [0, 0.05) is 0 Å². The molecule has 1 aliphatic heterocycles. The lowest BCUT2D eigenvalue weighted by Crippen LogP contribution is -2.17. The molecule has 0 saturated carbocycles. The summed E-state index contributed by atoms with van der Waals surface area (Å²) >= 11 is 9.85. The molecule has 140 valence electrons. The first kappa shape index (κ1) is 19.9. The quantitative estimate of drug-likeness (QED) is 0.469. The van der Waals surface area contributed by atoms with Crippen LogP contribution in [0.5, 0.6) is 11.5 Å². The maximum atomic E-state index is 11.9. The van der Waals surface area contributed by atoms with Crippen molar-refractivity contribution >= 4 is 56.2 Å². The van der Waals surface area contributed by atoms with Crippen molar-refractivity contribution < 1.29 is 14.3 Å². The van der Waals surface area contributed by atoms with Crippen LogP contribution in [0.4, 0.5) is 0 Å². The molecule has 2 aromatic rings. The van der Waals surface area contributed by atoms with Gasteiger partial charge >= 0.3 is 0 Å². The van der Waals surface area contributed by atoms with E-state index in [0.29, 0.717) is 33.9 Å². The number of rotatable bonds is 6. The normalized spacial score (nSPS) is 15.1. The second-order valence-corrected chi connectivity index (χ2v) is 8.47. The summed E-state index contributed by atoms with van der Waals surface area (Å²) in [7, 11) is 0. The molecular weight excluding hydrogens is 446 g/mol. The van der Waals surface area contributed by atoms with E-state index in [1.807, 2.05) is 31.2 Å². The standard InChI is InChI=1S/C20H18BrNO3S2/c1-3-24-16-9-14(10-17-19(23)22-20(26)27-17)8-15(21)18(16)25-11-13-6-4-5-12(2)7-13/h4-10H,3,11H2,1-2H3,(H,22,23,26)/b17-10-. The SMILES string of the molecule is CCOc1cc(/C=C2\SC(=S)NC2=O)cc(Br)c1OCc1cccc(C)c1. The Morgan fingerprint density at radius 3 is 2.74 bits per heavy atom. The molecule has 0 aromatic heterocycles. The van der Waals surface area contributed by atoms with Crippen LogP contribution in [0.2, 0.25) is 0 Å². The summed E-state index contributed by atoms with van der Waals surface area (Å²) < 4.78 is 13.0. The van der Waals surface area contributed by atoms with Crippen molar-refractivity contribution in [3.05, 3.63) is 62.5 Å². The van der Waals surface area contributed by atoms with E-state index in [-0.39, 0.29) is 5.91 Å². The Morgan fingerprint density at radius 1 is 1.26 bits per heavy atom. The minimum Gasteiger partial charge on any atom is -0.490 e. The van der Waals surface area contributed by atoms with Gasteiger partial charge in [-0.15, -0.1) is 0 Å². The zero-order valence-electron chi connectivity index (χ0n) is 14.9. The summed E-state index contributed by atoms with van der Waals surface area (Å²) in [6, 6.07) is 11.9. The van der Waals surface area contributed by atoms with Gasteiger partial charge in [0.15, 0.2) is 11.5 Å². The van der Waals surface area contributed by atoms with Crippen LogP contribution in [-0.4, -0.2) is 16.8 Å². The molecule has 1 fully saturated rings. The Hall–Kier alpha value is -1.83. The zero-order chi connectivity index (χ0) is 19.4. The highest BCUT2D eigenvalue weighted by Crippen LogP contribution is 2.39. The lowest BCUT2D eigenvalue weighted by Gasteiger charge is -2.15. The lowest BCUT2D eigenvalue weighted by atomic mass is 10.1. The van der Waals surface area contributed by atoms with Gasteiger partial charge in [-0.25, -0.2) is 0 Å². The first-order valence-electron chi connectivity index (χ1n) is 8.36. The second-order valence-electron chi connectivity index (χ2n) is 5.89. The molecule has 1 aliphatic rings. The Labute approximate surface area is 176 Å². The number of aryl methyl sites for hydroxylation is 1. The summed E-state index contributed by atoms with van der Waals surface area (Å²) in [5, 5.41) is 2.62. The molecule has 1 N–H and O–H groups in total. The van der Waals surface area contributed by atoms with Crippen LogP contribution in [0.3, 0.4) is 0 Å². The third-order valence-corrected chi connectivity index (χ3v) is 5.49. The topological polar surface area (TPSA) is 47.6 Å². The number of thioether (sulfide) groups is 1. The van der Waals surface area contributed by atoms with Crippen molar-refractivity contribution in [1.82, 2.24) is 5.32 Å². The van der Waals surface area contributed by atoms with Crippen LogP contribution in [0, 0.1) is 6.92 Å². The van der Waals surface area contributed by atoms with E-state index >= 15 is 0 Å². The monoisotopic (exact) mass is 463 g/mol. The predicted octanol–water partition coefficient (Wildman–Crippen LogP) is 5.22. The van der Waals surface area contributed by atoms with Gasteiger partial charge in [0.1, 0.15) is 10.9 Å². The maximum Gasteiger partial charge on any atom is 0.263 e. The van der Waals surface area contributed by atoms with E-state index in [1.165, 1.54) is 17.3 Å². The summed E-state index contributed by atoms with van der Waals surface area (Å²) in [6.07, 6.45) is 1.79. The third-order valence-electron chi connectivity index (χ3n) is 3.74. The van der Waals surface area contributed by atoms with Crippen LogP contribution >= 0.6 is 39.9 Å². The van der Waals surface area contributed by atoms with Crippen LogP contribution in [0.25, 0.3) is 6.08 Å². The zero-order valence-corrected chi connectivity index (χ0v) is 18.1. The smallest absolute Gasteiger partial charge is 0.263 e. The summed E-state index contributed by atoms with van der Waals surface area (Å²) in [6.45, 7) is 4.91. The molecule has 2 aromatic carbocycles. The molecule has 0 bridgehead atoms. The molecule has 0 atom stereocenters. The molecule has 0 radical (unpaired) electrons. The Kier molecular flexibility index (Phi) is 6.57. The fraction of sp³-hybridized carbons (Fsp3) is 0.200. The average molecular weight is 464 g/mol. The van der Waals surface area contributed by atoms with E-state index in [2.05, 4.69) is 40.3 Å². The largest absolute Gasteiger partial charge is 0.490 e. The van der Waals surface area contributed by atoms with Gasteiger partial charge in [-0.2, -0.15) is 0 Å². The van der Waals surface area contributed by atoms with Crippen LogP contribution in [0.1, 0.15) is 23.6 Å². The summed E-state index contributed by atoms with van der Waals surface area (Å²) in [5.41, 5.74) is 3.10. The predicted molar refractivity (Wildman–Crippen MR) is 117 cm³/mol. The van der Waals surface area contributed by atoms with Gasteiger partial charge in [-0.1, -0.05) is 53.8 Å². The summed E-state index contributed by atoms with van der Waals surface area (Å²) in [4.78, 5) is 12.4. The lowest BCUT2D eigenvalue weighted by molar-refractivity contribution is -0.115. The van der Waals surface area contributed by atoms with Crippen LogP contribution in [0.15, 0.2) is 45.8 Å². The van der Waals surface area contributed by atoms with Crippen molar-refractivity contribution in [3.63, 3.8) is 0 Å². The van der Waals surface area contributed by atoms with Crippen molar-refractivity contribution in [2.24, 2.45) is 0 Å². The number of amides is 1. The number of ether oxygens (including phenoxy) is 2. The second kappa shape index (κ2) is 8.91. The number of carbonyl (C=O) groups is 1. The molecule has 1 amide bonds. The number of thiocarbonyl (C=S) groups is 1. The fourth-order valence-corrected chi connectivity index (χ4v) is 4.22. The maximum absolute atomic E-state index is 11.9. The molecule has 3 rings (SSSR count). The van der Waals surface area contributed by atoms with Gasteiger partial charge < -0.3 is 14.8 Å². The van der Waals surface area contributed by atoms with Gasteiger partial charge in [-0.05, 0) is 59.1 Å². The van der Waals surface area contributed by atoms with Gasteiger partial charge in [0.2, 0.25) is 0 Å².